The van der Waals surface area contributed by atoms with Crippen molar-refractivity contribution >= 4 is 5.78 Å². The molecule has 1 aliphatic rings. The Labute approximate surface area is 93.3 Å². The monoisotopic (exact) mass is 206 g/mol. The van der Waals surface area contributed by atoms with E-state index in [-0.39, 0.29) is 11.3 Å². The molecule has 15 heavy (non-hydrogen) atoms. The van der Waals surface area contributed by atoms with Crippen LogP contribution in [0.1, 0.15) is 41.0 Å². The second kappa shape index (κ2) is 4.34. The van der Waals surface area contributed by atoms with Crippen molar-refractivity contribution in [2.45, 2.75) is 41.0 Å². The fourth-order valence-electron chi connectivity index (χ4n) is 2.33. The zero-order valence-electron chi connectivity index (χ0n) is 10.5. The number of allylic oxidation sites excluding steroid dienone is 4. The van der Waals surface area contributed by atoms with Crippen molar-refractivity contribution in [3.8, 4) is 0 Å². The summed E-state index contributed by atoms with van der Waals surface area (Å²) in [6.45, 7) is 10.4. The summed E-state index contributed by atoms with van der Waals surface area (Å²) in [4.78, 5) is 11.6. The largest absolute Gasteiger partial charge is 0.299 e. The summed E-state index contributed by atoms with van der Waals surface area (Å²) in [5, 5.41) is 0. The first-order chi connectivity index (χ1) is 6.81. The number of hydrogen-bond donors (Lipinski definition) is 0. The molecule has 0 N–H and O–H groups in total. The molecule has 0 saturated heterocycles. The van der Waals surface area contributed by atoms with Gasteiger partial charge in [-0.25, -0.2) is 0 Å². The van der Waals surface area contributed by atoms with E-state index in [0.29, 0.717) is 11.7 Å². The summed E-state index contributed by atoms with van der Waals surface area (Å²) in [5.74, 6) is 0.751. The summed E-state index contributed by atoms with van der Waals surface area (Å²) in [5.41, 5.74) is 1.46. The van der Waals surface area contributed by atoms with Crippen molar-refractivity contribution in [2.24, 2.45) is 17.3 Å². The van der Waals surface area contributed by atoms with Crippen LogP contribution in [-0.4, -0.2) is 5.78 Å². The average Bonchev–Trinajstić information content (AvgIpc) is 1.99. The van der Waals surface area contributed by atoms with E-state index < -0.39 is 0 Å². The van der Waals surface area contributed by atoms with Gasteiger partial charge in [-0.05, 0) is 24.7 Å². The van der Waals surface area contributed by atoms with Gasteiger partial charge in [0, 0.05) is 5.92 Å². The lowest BCUT2D eigenvalue weighted by Gasteiger charge is -2.28. The molecule has 2 atom stereocenters. The van der Waals surface area contributed by atoms with Gasteiger partial charge >= 0.3 is 0 Å². The highest BCUT2D eigenvalue weighted by Crippen LogP contribution is 2.33. The van der Waals surface area contributed by atoms with Gasteiger partial charge in [0.15, 0.2) is 0 Å². The standard InChI is InChI=1S/C14H22O/c1-10-7-6-8-12(9-14(3,4)5)13(10)11(2)15/h6-7,9-10,13H,8H2,1-5H3. The van der Waals surface area contributed by atoms with E-state index in [1.165, 1.54) is 5.57 Å². The Morgan fingerprint density at radius 1 is 1.47 bits per heavy atom. The van der Waals surface area contributed by atoms with Gasteiger partial charge in [0.2, 0.25) is 0 Å². The van der Waals surface area contributed by atoms with Crippen LogP contribution in [0.2, 0.25) is 0 Å². The number of hydrogen-bond acceptors (Lipinski definition) is 1. The molecular weight excluding hydrogens is 184 g/mol. The SMILES string of the molecule is CC(=O)C1C(=CC(C)(C)C)CC=CC1C. The van der Waals surface area contributed by atoms with E-state index in [1.54, 1.807) is 6.92 Å². The first-order valence-electron chi connectivity index (χ1n) is 5.70. The van der Waals surface area contributed by atoms with Crippen LogP contribution in [0.25, 0.3) is 0 Å². The Bertz CT molecular complexity index is 302. The van der Waals surface area contributed by atoms with Crippen molar-refractivity contribution < 1.29 is 4.79 Å². The molecule has 1 heteroatoms. The predicted molar refractivity (Wildman–Crippen MR) is 64.6 cm³/mol. The third-order valence-electron chi connectivity index (χ3n) is 2.77. The van der Waals surface area contributed by atoms with Gasteiger partial charge in [-0.2, -0.15) is 0 Å². The minimum atomic E-state index is 0.106. The molecule has 0 bridgehead atoms. The van der Waals surface area contributed by atoms with Gasteiger partial charge in [0.1, 0.15) is 5.78 Å². The smallest absolute Gasteiger partial charge is 0.137 e. The van der Waals surface area contributed by atoms with Crippen LogP contribution in [-0.2, 0) is 4.79 Å². The maximum Gasteiger partial charge on any atom is 0.137 e. The van der Waals surface area contributed by atoms with Crippen molar-refractivity contribution in [2.75, 3.05) is 0 Å². The first kappa shape index (κ1) is 12.2. The summed E-state index contributed by atoms with van der Waals surface area (Å²) in [6, 6.07) is 0. The summed E-state index contributed by atoms with van der Waals surface area (Å²) >= 11 is 0. The van der Waals surface area contributed by atoms with Crippen molar-refractivity contribution in [1.82, 2.24) is 0 Å². The van der Waals surface area contributed by atoms with Gasteiger partial charge in [-0.3, -0.25) is 4.79 Å². The van der Waals surface area contributed by atoms with E-state index in [9.17, 15) is 4.79 Å². The van der Waals surface area contributed by atoms with Crippen LogP contribution >= 0.6 is 0 Å². The molecule has 1 nitrogen and oxygen atoms in total. The molecule has 0 aliphatic heterocycles. The third-order valence-corrected chi connectivity index (χ3v) is 2.77. The zero-order chi connectivity index (χ0) is 11.6. The van der Waals surface area contributed by atoms with Gasteiger partial charge in [-0.1, -0.05) is 51.5 Å². The van der Waals surface area contributed by atoms with Crippen molar-refractivity contribution in [3.05, 3.63) is 23.8 Å². The summed E-state index contributed by atoms with van der Waals surface area (Å²) in [6.07, 6.45) is 7.54. The van der Waals surface area contributed by atoms with Crippen LogP contribution in [0.3, 0.4) is 0 Å². The molecule has 2 unspecified atom stereocenters. The average molecular weight is 206 g/mol. The summed E-state index contributed by atoms with van der Waals surface area (Å²) in [7, 11) is 0. The normalized spacial score (nSPS) is 29.5. The minimum absolute atomic E-state index is 0.106. The maximum atomic E-state index is 11.6. The number of ketones is 1. The Morgan fingerprint density at radius 2 is 2.07 bits per heavy atom. The molecule has 0 spiro atoms. The van der Waals surface area contributed by atoms with Crippen molar-refractivity contribution in [1.29, 1.82) is 0 Å². The molecule has 0 aromatic heterocycles. The van der Waals surface area contributed by atoms with Crippen LogP contribution in [0.4, 0.5) is 0 Å². The van der Waals surface area contributed by atoms with E-state index >= 15 is 0 Å². The highest BCUT2D eigenvalue weighted by Gasteiger charge is 2.27. The predicted octanol–water partition coefficient (Wildman–Crippen LogP) is 3.76. The molecule has 0 heterocycles. The second-order valence-electron chi connectivity index (χ2n) is 5.66. The van der Waals surface area contributed by atoms with Crippen LogP contribution in [0, 0.1) is 17.3 Å². The number of carbonyl (C=O) groups is 1. The molecule has 0 radical (unpaired) electrons. The lowest BCUT2D eigenvalue weighted by molar-refractivity contribution is -0.120. The highest BCUT2D eigenvalue weighted by atomic mass is 16.1. The first-order valence-corrected chi connectivity index (χ1v) is 5.70. The topological polar surface area (TPSA) is 17.1 Å². The van der Waals surface area contributed by atoms with E-state index in [0.717, 1.165) is 6.42 Å². The molecule has 84 valence electrons. The Kier molecular flexibility index (Phi) is 3.54. The Hall–Kier alpha value is -0.850. The molecule has 1 aliphatic carbocycles. The van der Waals surface area contributed by atoms with Crippen LogP contribution in [0.15, 0.2) is 23.8 Å². The molecule has 0 amide bonds. The highest BCUT2D eigenvalue weighted by molar-refractivity contribution is 5.82. The lowest BCUT2D eigenvalue weighted by atomic mass is 9.76. The fraction of sp³-hybridized carbons (Fsp3) is 0.643. The van der Waals surface area contributed by atoms with E-state index in [2.05, 4.69) is 45.9 Å². The van der Waals surface area contributed by atoms with Crippen LogP contribution < -0.4 is 0 Å². The molecule has 0 fully saturated rings. The van der Waals surface area contributed by atoms with Crippen molar-refractivity contribution in [3.63, 3.8) is 0 Å². The fourth-order valence-corrected chi connectivity index (χ4v) is 2.33. The van der Waals surface area contributed by atoms with Crippen LogP contribution in [0.5, 0.6) is 0 Å². The van der Waals surface area contributed by atoms with Gasteiger partial charge < -0.3 is 0 Å². The third kappa shape index (κ3) is 3.33. The Morgan fingerprint density at radius 3 is 2.53 bits per heavy atom. The molecule has 0 aromatic carbocycles. The number of carbonyl (C=O) groups excluding carboxylic acids is 1. The molecule has 0 saturated carbocycles. The number of rotatable bonds is 1. The van der Waals surface area contributed by atoms with E-state index in [1.807, 2.05) is 0 Å². The molecule has 1 rings (SSSR count). The quantitative estimate of drug-likeness (QED) is 0.597. The number of Topliss-reactive ketones (excluding diaryl/α,β-unsaturated/α-hetero) is 1. The zero-order valence-corrected chi connectivity index (χ0v) is 10.5. The van der Waals surface area contributed by atoms with Gasteiger partial charge in [0.05, 0.1) is 0 Å². The van der Waals surface area contributed by atoms with E-state index in [4.69, 9.17) is 0 Å². The molecular formula is C14H22O. The van der Waals surface area contributed by atoms with Gasteiger partial charge in [-0.15, -0.1) is 0 Å². The Balaban J connectivity index is 3.02. The second-order valence-corrected chi connectivity index (χ2v) is 5.66. The maximum absolute atomic E-state index is 11.6. The lowest BCUT2D eigenvalue weighted by Crippen LogP contribution is -2.24. The molecule has 0 aromatic rings. The minimum Gasteiger partial charge on any atom is -0.299 e. The summed E-state index contributed by atoms with van der Waals surface area (Å²) < 4.78 is 0. The van der Waals surface area contributed by atoms with Gasteiger partial charge in [0.25, 0.3) is 0 Å².